The third kappa shape index (κ3) is 5.12. The van der Waals surface area contributed by atoms with Crippen molar-refractivity contribution in [2.75, 3.05) is 34.8 Å². The maximum atomic E-state index is 12.0. The zero-order valence-electron chi connectivity index (χ0n) is 17.9. The molecule has 0 bridgehead atoms. The maximum absolute atomic E-state index is 12.0. The minimum atomic E-state index is -3.38. The van der Waals surface area contributed by atoms with Gasteiger partial charge < -0.3 is 16.0 Å². The lowest BCUT2D eigenvalue weighted by atomic mass is 10.0. The maximum Gasteiger partial charge on any atom is 0.232 e. The van der Waals surface area contributed by atoms with Crippen molar-refractivity contribution < 1.29 is 8.42 Å². The Bertz CT molecular complexity index is 1230. The Morgan fingerprint density at radius 2 is 2.00 bits per heavy atom. The first kappa shape index (κ1) is 22.3. The van der Waals surface area contributed by atoms with E-state index in [-0.39, 0.29) is 0 Å². The van der Waals surface area contributed by atoms with Crippen LogP contribution in [0.4, 0.5) is 23.1 Å². The summed E-state index contributed by atoms with van der Waals surface area (Å²) in [5.74, 6) is 0.885. The van der Waals surface area contributed by atoms with Gasteiger partial charge in [-0.15, -0.1) is 0 Å². The quantitative estimate of drug-likeness (QED) is 0.483. The van der Waals surface area contributed by atoms with E-state index in [0.29, 0.717) is 29.0 Å². The lowest BCUT2D eigenvalue weighted by Crippen LogP contribution is -2.26. The van der Waals surface area contributed by atoms with Crippen LogP contribution in [-0.2, 0) is 29.5 Å². The molecule has 0 radical (unpaired) electrons. The largest absolute Gasteiger partial charge is 0.365 e. The molecule has 3 N–H and O–H groups in total. The number of halogens is 1. The predicted molar refractivity (Wildman–Crippen MR) is 129 cm³/mol. The van der Waals surface area contributed by atoms with Gasteiger partial charge >= 0.3 is 0 Å². The first-order valence-electron chi connectivity index (χ1n) is 10.2. The molecule has 0 fully saturated rings. The Morgan fingerprint density at radius 3 is 2.81 bits per heavy atom. The molecule has 0 aliphatic carbocycles. The number of hydrogen-bond acceptors (Lipinski definition) is 7. The Labute approximate surface area is 193 Å². The molecule has 0 amide bonds. The van der Waals surface area contributed by atoms with Crippen LogP contribution in [0.1, 0.15) is 16.7 Å². The van der Waals surface area contributed by atoms with Crippen molar-refractivity contribution in [2.24, 2.45) is 0 Å². The normalized spacial score (nSPS) is 13.3. The second-order valence-electron chi connectivity index (χ2n) is 7.64. The highest BCUT2D eigenvalue weighted by molar-refractivity contribution is 7.92. The van der Waals surface area contributed by atoms with Gasteiger partial charge in [-0.3, -0.25) is 4.31 Å². The molecule has 2 heterocycles. The highest BCUT2D eigenvalue weighted by Gasteiger charge is 2.16. The summed E-state index contributed by atoms with van der Waals surface area (Å²) in [6, 6.07) is 13.5. The van der Waals surface area contributed by atoms with E-state index in [1.807, 2.05) is 18.2 Å². The number of hydrogen-bond donors (Lipinski definition) is 3. The molecule has 8 nitrogen and oxygen atoms in total. The summed E-state index contributed by atoms with van der Waals surface area (Å²) in [6.07, 6.45) is 3.70. The van der Waals surface area contributed by atoms with Gasteiger partial charge in [0.15, 0.2) is 5.82 Å². The number of aromatic nitrogens is 2. The minimum absolute atomic E-state index is 0.345. The second-order valence-corrected chi connectivity index (χ2v) is 10.1. The molecule has 1 aliphatic rings. The zero-order chi connectivity index (χ0) is 22.7. The lowest BCUT2D eigenvalue weighted by Gasteiger charge is -2.20. The van der Waals surface area contributed by atoms with E-state index in [4.69, 9.17) is 11.6 Å². The fourth-order valence-corrected chi connectivity index (χ4v) is 4.25. The van der Waals surface area contributed by atoms with Crippen molar-refractivity contribution in [3.05, 3.63) is 70.4 Å². The highest BCUT2D eigenvalue weighted by Crippen LogP contribution is 2.26. The van der Waals surface area contributed by atoms with Crippen LogP contribution in [-0.4, -0.2) is 38.2 Å². The van der Waals surface area contributed by atoms with Crippen molar-refractivity contribution in [3.8, 4) is 0 Å². The van der Waals surface area contributed by atoms with E-state index in [9.17, 15) is 8.42 Å². The average Bonchev–Trinajstić information content (AvgIpc) is 2.78. The number of rotatable bonds is 7. The summed E-state index contributed by atoms with van der Waals surface area (Å²) in [7, 11) is -1.85. The van der Waals surface area contributed by atoms with Gasteiger partial charge in [-0.25, -0.2) is 13.4 Å². The van der Waals surface area contributed by atoms with Crippen molar-refractivity contribution in [2.45, 2.75) is 19.5 Å². The molecule has 10 heteroatoms. The standard InChI is InChI=1S/C22H25ClN6O2S/c1-29(32(2,30)31)20-6-4-3-5-17(20)13-25-21-19(23)14-26-22(28-21)27-18-8-7-16-12-24-10-9-15(16)11-18/h3-8,11,14,24H,9-10,12-13H2,1-2H3,(H2,25,26,27,28). The lowest BCUT2D eigenvalue weighted by molar-refractivity contribution is 0.600. The molecule has 168 valence electrons. The summed E-state index contributed by atoms with van der Waals surface area (Å²) in [4.78, 5) is 8.79. The summed E-state index contributed by atoms with van der Waals surface area (Å²) >= 11 is 6.31. The number of nitrogens with zero attached hydrogens (tertiary/aromatic N) is 3. The van der Waals surface area contributed by atoms with Crippen LogP contribution in [0.2, 0.25) is 5.02 Å². The van der Waals surface area contributed by atoms with Gasteiger partial charge in [-0.05, 0) is 47.9 Å². The van der Waals surface area contributed by atoms with Crippen LogP contribution in [0, 0.1) is 0 Å². The van der Waals surface area contributed by atoms with Crippen LogP contribution >= 0.6 is 11.6 Å². The van der Waals surface area contributed by atoms with Gasteiger partial charge in [0.2, 0.25) is 16.0 Å². The van der Waals surface area contributed by atoms with Gasteiger partial charge in [-0.2, -0.15) is 4.98 Å². The second kappa shape index (κ2) is 9.32. The average molecular weight is 473 g/mol. The molecule has 0 unspecified atom stereocenters. The molecule has 4 rings (SSSR count). The topological polar surface area (TPSA) is 99.2 Å². The fourth-order valence-electron chi connectivity index (χ4n) is 3.56. The Morgan fingerprint density at radius 1 is 1.19 bits per heavy atom. The fraction of sp³-hybridized carbons (Fsp3) is 0.273. The monoisotopic (exact) mass is 472 g/mol. The van der Waals surface area contributed by atoms with Gasteiger partial charge in [-0.1, -0.05) is 35.9 Å². The van der Waals surface area contributed by atoms with Crippen LogP contribution in [0.25, 0.3) is 0 Å². The van der Waals surface area contributed by atoms with E-state index in [1.165, 1.54) is 34.9 Å². The van der Waals surface area contributed by atoms with Crippen molar-refractivity contribution >= 4 is 44.8 Å². The first-order valence-corrected chi connectivity index (χ1v) is 12.4. The highest BCUT2D eigenvalue weighted by atomic mass is 35.5. The number of nitrogens with one attached hydrogen (secondary N) is 3. The molecular weight excluding hydrogens is 448 g/mol. The van der Waals surface area contributed by atoms with Crippen molar-refractivity contribution in [1.29, 1.82) is 0 Å². The number of para-hydroxylation sites is 1. The van der Waals surface area contributed by atoms with Crippen LogP contribution in [0.3, 0.4) is 0 Å². The Kier molecular flexibility index (Phi) is 6.50. The third-order valence-electron chi connectivity index (χ3n) is 5.37. The molecular formula is C22H25ClN6O2S. The number of benzene rings is 2. The summed E-state index contributed by atoms with van der Waals surface area (Å²) in [6.45, 7) is 2.20. The molecule has 3 aromatic rings. The van der Waals surface area contributed by atoms with E-state index < -0.39 is 10.0 Å². The molecule has 1 aromatic heterocycles. The van der Waals surface area contributed by atoms with Crippen LogP contribution < -0.4 is 20.3 Å². The van der Waals surface area contributed by atoms with Gasteiger partial charge in [0.1, 0.15) is 5.02 Å². The molecule has 0 saturated heterocycles. The third-order valence-corrected chi connectivity index (χ3v) is 6.84. The molecule has 32 heavy (non-hydrogen) atoms. The number of fused-ring (bicyclic) bond motifs is 1. The van der Waals surface area contributed by atoms with E-state index in [1.54, 1.807) is 12.1 Å². The van der Waals surface area contributed by atoms with E-state index >= 15 is 0 Å². The van der Waals surface area contributed by atoms with Gasteiger partial charge in [0.25, 0.3) is 0 Å². The van der Waals surface area contributed by atoms with Crippen molar-refractivity contribution in [1.82, 2.24) is 15.3 Å². The SMILES string of the molecule is CN(c1ccccc1CNc1nc(Nc2ccc3c(c2)CCNC3)ncc1Cl)S(C)(=O)=O. The molecule has 2 aromatic carbocycles. The minimum Gasteiger partial charge on any atom is -0.365 e. The Balaban J connectivity index is 1.51. The molecule has 0 atom stereocenters. The van der Waals surface area contributed by atoms with Gasteiger partial charge in [0.05, 0.1) is 18.1 Å². The Hall–Kier alpha value is -2.88. The predicted octanol–water partition coefficient (Wildman–Crippen LogP) is 3.53. The van der Waals surface area contributed by atoms with E-state index in [2.05, 4.69) is 38.1 Å². The summed E-state index contributed by atoms with van der Waals surface area (Å²) < 4.78 is 25.2. The molecule has 0 saturated carbocycles. The van der Waals surface area contributed by atoms with Crippen LogP contribution in [0.5, 0.6) is 0 Å². The number of anilines is 4. The number of sulfonamides is 1. The summed E-state index contributed by atoms with van der Waals surface area (Å²) in [5.41, 5.74) is 4.92. The first-order chi connectivity index (χ1) is 15.3. The van der Waals surface area contributed by atoms with E-state index in [0.717, 1.165) is 30.8 Å². The van der Waals surface area contributed by atoms with Gasteiger partial charge in [0, 0.05) is 25.8 Å². The van der Waals surface area contributed by atoms with Crippen molar-refractivity contribution in [3.63, 3.8) is 0 Å². The van der Waals surface area contributed by atoms with Crippen LogP contribution in [0.15, 0.2) is 48.7 Å². The molecule has 0 spiro atoms. The molecule has 1 aliphatic heterocycles. The smallest absolute Gasteiger partial charge is 0.232 e. The summed E-state index contributed by atoms with van der Waals surface area (Å²) in [5, 5.41) is 10.2. The zero-order valence-corrected chi connectivity index (χ0v) is 19.5.